The van der Waals surface area contributed by atoms with Crippen LogP contribution in [0.3, 0.4) is 0 Å². The molecule has 2 aromatic heterocycles. The molecule has 0 spiro atoms. The SMILES string of the molecule is CCCn1c(S[C@@H](C)C(=O)Nc2cccc(F)c2)nnc1-c1ccncc1. The Balaban J connectivity index is 1.76. The molecule has 8 heteroatoms. The van der Waals surface area contributed by atoms with Crippen molar-refractivity contribution in [3.05, 3.63) is 54.6 Å². The van der Waals surface area contributed by atoms with Gasteiger partial charge in [0.25, 0.3) is 0 Å². The summed E-state index contributed by atoms with van der Waals surface area (Å²) in [4.78, 5) is 16.5. The standard InChI is InChI=1S/C19H20FN5OS/c1-3-11-25-17(14-7-9-21-10-8-14)23-24-19(25)27-13(2)18(26)22-16-6-4-5-15(20)12-16/h4-10,12-13H,3,11H2,1-2H3,(H,22,26)/t13-/m0/s1. The van der Waals surface area contributed by atoms with E-state index in [1.165, 1.54) is 23.9 Å². The smallest absolute Gasteiger partial charge is 0.237 e. The summed E-state index contributed by atoms with van der Waals surface area (Å²) in [5, 5.41) is 11.5. The minimum Gasteiger partial charge on any atom is -0.325 e. The third kappa shape index (κ3) is 4.71. The van der Waals surface area contributed by atoms with Crippen LogP contribution in [0, 0.1) is 5.82 Å². The van der Waals surface area contributed by atoms with Crippen molar-refractivity contribution in [3.8, 4) is 11.4 Å². The van der Waals surface area contributed by atoms with Crippen LogP contribution < -0.4 is 5.32 Å². The minimum absolute atomic E-state index is 0.220. The minimum atomic E-state index is -0.418. The lowest BCUT2D eigenvalue weighted by molar-refractivity contribution is -0.115. The second kappa shape index (κ2) is 8.77. The fourth-order valence-corrected chi connectivity index (χ4v) is 3.41. The van der Waals surface area contributed by atoms with Crippen LogP contribution >= 0.6 is 11.8 Å². The molecule has 1 atom stereocenters. The van der Waals surface area contributed by atoms with Gasteiger partial charge in [-0.15, -0.1) is 10.2 Å². The highest BCUT2D eigenvalue weighted by Crippen LogP contribution is 2.27. The number of carbonyl (C=O) groups is 1. The van der Waals surface area contributed by atoms with E-state index in [1.807, 2.05) is 16.7 Å². The largest absolute Gasteiger partial charge is 0.325 e. The number of pyridine rings is 1. The van der Waals surface area contributed by atoms with E-state index < -0.39 is 11.1 Å². The summed E-state index contributed by atoms with van der Waals surface area (Å²) < 4.78 is 15.3. The first kappa shape index (κ1) is 19.0. The predicted molar refractivity (Wildman–Crippen MR) is 104 cm³/mol. The first-order valence-corrected chi connectivity index (χ1v) is 9.53. The Kier molecular flexibility index (Phi) is 6.18. The molecule has 1 N–H and O–H groups in total. The van der Waals surface area contributed by atoms with E-state index in [9.17, 15) is 9.18 Å². The number of carbonyl (C=O) groups excluding carboxylic acids is 1. The van der Waals surface area contributed by atoms with Crippen molar-refractivity contribution in [1.82, 2.24) is 19.7 Å². The number of hydrogen-bond donors (Lipinski definition) is 1. The van der Waals surface area contributed by atoms with E-state index in [0.717, 1.165) is 24.4 Å². The molecule has 0 saturated heterocycles. The zero-order valence-electron chi connectivity index (χ0n) is 15.1. The molecule has 3 rings (SSSR count). The summed E-state index contributed by atoms with van der Waals surface area (Å²) in [7, 11) is 0. The van der Waals surface area contributed by atoms with E-state index >= 15 is 0 Å². The van der Waals surface area contributed by atoms with Crippen molar-refractivity contribution in [3.63, 3.8) is 0 Å². The average Bonchev–Trinajstić information content (AvgIpc) is 3.05. The summed E-state index contributed by atoms with van der Waals surface area (Å²) >= 11 is 1.33. The highest BCUT2D eigenvalue weighted by molar-refractivity contribution is 8.00. The molecule has 1 amide bonds. The van der Waals surface area contributed by atoms with E-state index in [0.29, 0.717) is 10.8 Å². The molecule has 0 bridgehead atoms. The van der Waals surface area contributed by atoms with Gasteiger partial charge in [0.05, 0.1) is 5.25 Å². The average molecular weight is 385 g/mol. The number of nitrogens with zero attached hydrogens (tertiary/aromatic N) is 4. The van der Waals surface area contributed by atoms with Gasteiger partial charge in [-0.2, -0.15) is 0 Å². The van der Waals surface area contributed by atoms with Crippen LogP contribution in [0.5, 0.6) is 0 Å². The summed E-state index contributed by atoms with van der Waals surface area (Å²) in [5.74, 6) is 0.138. The number of anilines is 1. The number of rotatable bonds is 7. The van der Waals surface area contributed by atoms with Gasteiger partial charge in [0.1, 0.15) is 5.82 Å². The molecular formula is C19H20FN5OS. The first-order valence-electron chi connectivity index (χ1n) is 8.65. The molecule has 0 unspecified atom stereocenters. The molecule has 6 nitrogen and oxygen atoms in total. The van der Waals surface area contributed by atoms with Gasteiger partial charge in [-0.05, 0) is 43.7 Å². The molecule has 0 radical (unpaired) electrons. The molecule has 27 heavy (non-hydrogen) atoms. The van der Waals surface area contributed by atoms with Gasteiger partial charge in [0, 0.05) is 30.2 Å². The van der Waals surface area contributed by atoms with Crippen LogP contribution in [0.25, 0.3) is 11.4 Å². The van der Waals surface area contributed by atoms with E-state index in [-0.39, 0.29) is 5.91 Å². The summed E-state index contributed by atoms with van der Waals surface area (Å²) in [6, 6.07) is 9.59. The fourth-order valence-electron chi connectivity index (χ4n) is 2.54. The topological polar surface area (TPSA) is 72.7 Å². The molecule has 0 aliphatic carbocycles. The Hall–Kier alpha value is -2.74. The molecular weight excluding hydrogens is 365 g/mol. The second-order valence-electron chi connectivity index (χ2n) is 5.95. The van der Waals surface area contributed by atoms with Crippen LogP contribution in [0.4, 0.5) is 10.1 Å². The number of halogens is 1. The van der Waals surface area contributed by atoms with E-state index in [4.69, 9.17) is 0 Å². The van der Waals surface area contributed by atoms with Crippen LogP contribution in [-0.2, 0) is 11.3 Å². The zero-order chi connectivity index (χ0) is 19.2. The number of hydrogen-bond acceptors (Lipinski definition) is 5. The summed E-state index contributed by atoms with van der Waals surface area (Å²) in [6.45, 7) is 4.60. The second-order valence-corrected chi connectivity index (χ2v) is 7.26. The lowest BCUT2D eigenvalue weighted by Crippen LogP contribution is -2.23. The molecule has 0 aliphatic heterocycles. The Labute approximate surface area is 161 Å². The number of aromatic nitrogens is 4. The van der Waals surface area contributed by atoms with Crippen LogP contribution in [0.15, 0.2) is 53.9 Å². The van der Waals surface area contributed by atoms with Crippen molar-refractivity contribution in [2.24, 2.45) is 0 Å². The summed E-state index contributed by atoms with van der Waals surface area (Å²) in [6.07, 6.45) is 4.33. The van der Waals surface area contributed by atoms with Crippen molar-refractivity contribution in [2.45, 2.75) is 37.2 Å². The van der Waals surface area contributed by atoms with E-state index in [1.54, 1.807) is 31.5 Å². The molecule has 140 valence electrons. The number of thioether (sulfide) groups is 1. The van der Waals surface area contributed by atoms with Crippen LogP contribution in [-0.4, -0.2) is 30.9 Å². The molecule has 3 aromatic rings. The molecule has 0 saturated carbocycles. The van der Waals surface area contributed by atoms with Gasteiger partial charge in [0.2, 0.25) is 5.91 Å². The lowest BCUT2D eigenvalue weighted by atomic mass is 10.2. The maximum Gasteiger partial charge on any atom is 0.237 e. The Bertz CT molecular complexity index is 915. The molecule has 1 aromatic carbocycles. The van der Waals surface area contributed by atoms with Gasteiger partial charge < -0.3 is 9.88 Å². The first-order chi connectivity index (χ1) is 13.1. The zero-order valence-corrected chi connectivity index (χ0v) is 15.9. The van der Waals surface area contributed by atoms with Gasteiger partial charge in [-0.25, -0.2) is 4.39 Å². The molecule has 0 aliphatic rings. The van der Waals surface area contributed by atoms with Gasteiger partial charge in [-0.1, -0.05) is 24.8 Å². The number of nitrogens with one attached hydrogen (secondary N) is 1. The lowest BCUT2D eigenvalue weighted by Gasteiger charge is -2.13. The van der Waals surface area contributed by atoms with Crippen molar-refractivity contribution >= 4 is 23.4 Å². The van der Waals surface area contributed by atoms with Gasteiger partial charge in [0.15, 0.2) is 11.0 Å². The third-order valence-electron chi connectivity index (χ3n) is 3.85. The maximum atomic E-state index is 13.3. The quantitative estimate of drug-likeness (QED) is 0.622. The number of amides is 1. The Morgan fingerprint density at radius 3 is 2.74 bits per heavy atom. The highest BCUT2D eigenvalue weighted by Gasteiger charge is 2.20. The van der Waals surface area contributed by atoms with Gasteiger partial charge in [-0.3, -0.25) is 9.78 Å². The van der Waals surface area contributed by atoms with E-state index in [2.05, 4.69) is 27.4 Å². The van der Waals surface area contributed by atoms with Crippen LogP contribution in [0.2, 0.25) is 0 Å². The Morgan fingerprint density at radius 1 is 1.26 bits per heavy atom. The Morgan fingerprint density at radius 2 is 2.04 bits per heavy atom. The van der Waals surface area contributed by atoms with Crippen molar-refractivity contribution in [2.75, 3.05) is 5.32 Å². The van der Waals surface area contributed by atoms with Crippen molar-refractivity contribution in [1.29, 1.82) is 0 Å². The number of benzene rings is 1. The van der Waals surface area contributed by atoms with Crippen LogP contribution in [0.1, 0.15) is 20.3 Å². The van der Waals surface area contributed by atoms with Crippen molar-refractivity contribution < 1.29 is 9.18 Å². The third-order valence-corrected chi connectivity index (χ3v) is 4.93. The monoisotopic (exact) mass is 385 g/mol. The summed E-state index contributed by atoms with van der Waals surface area (Å²) in [5.41, 5.74) is 1.36. The normalized spacial score (nSPS) is 12.0. The predicted octanol–water partition coefficient (Wildman–Crippen LogP) is 4.01. The van der Waals surface area contributed by atoms with Gasteiger partial charge >= 0.3 is 0 Å². The molecule has 0 fully saturated rings. The fraction of sp³-hybridized carbons (Fsp3) is 0.263. The molecule has 2 heterocycles. The highest BCUT2D eigenvalue weighted by atomic mass is 32.2. The maximum absolute atomic E-state index is 13.3.